The van der Waals surface area contributed by atoms with Crippen molar-refractivity contribution in [2.24, 2.45) is 5.10 Å². The number of ether oxygens (including phenoxy) is 1. The van der Waals surface area contributed by atoms with E-state index in [0.29, 0.717) is 32.1 Å². The maximum absolute atomic E-state index is 13.1. The Balaban J connectivity index is 1.41. The van der Waals surface area contributed by atoms with E-state index in [1.165, 1.54) is 4.31 Å². The maximum Gasteiger partial charge on any atom is 0.243 e. The molecule has 4 aromatic rings. The molecule has 1 saturated heterocycles. The van der Waals surface area contributed by atoms with Crippen LogP contribution in [0.1, 0.15) is 17.0 Å². The smallest absolute Gasteiger partial charge is 0.243 e. The summed E-state index contributed by atoms with van der Waals surface area (Å²) in [7, 11) is -3.58. The van der Waals surface area contributed by atoms with E-state index in [4.69, 9.17) is 4.74 Å². The van der Waals surface area contributed by atoms with Gasteiger partial charge in [-0.2, -0.15) is 14.5 Å². The lowest BCUT2D eigenvalue weighted by atomic mass is 10.2. The van der Waals surface area contributed by atoms with Crippen LogP contribution in [0.4, 0.5) is 5.82 Å². The first kappa shape index (κ1) is 23.2. The van der Waals surface area contributed by atoms with E-state index in [-0.39, 0.29) is 4.90 Å². The van der Waals surface area contributed by atoms with Crippen LogP contribution >= 0.6 is 0 Å². The van der Waals surface area contributed by atoms with Crippen LogP contribution in [0.2, 0.25) is 0 Å². The summed E-state index contributed by atoms with van der Waals surface area (Å²) in [5.74, 6) is 0.578. The Morgan fingerprint density at radius 1 is 1.06 bits per heavy atom. The lowest BCUT2D eigenvalue weighted by Crippen LogP contribution is -2.40. The van der Waals surface area contributed by atoms with Crippen molar-refractivity contribution in [3.05, 3.63) is 77.7 Å². The molecule has 180 valence electrons. The number of hydrogen-bond donors (Lipinski definition) is 1. The quantitative estimate of drug-likeness (QED) is 0.328. The number of benzene rings is 2. The van der Waals surface area contributed by atoms with E-state index in [2.05, 4.69) is 20.7 Å². The predicted octanol–water partition coefficient (Wildman–Crippen LogP) is 3.50. The third-order valence-electron chi connectivity index (χ3n) is 6.10. The van der Waals surface area contributed by atoms with Crippen molar-refractivity contribution in [3.63, 3.8) is 0 Å². The fraction of sp³-hybridized carbons (Fsp3) is 0.240. The van der Waals surface area contributed by atoms with E-state index in [1.54, 1.807) is 30.6 Å². The summed E-state index contributed by atoms with van der Waals surface area (Å²) in [6, 6.07) is 16.9. The Morgan fingerprint density at radius 2 is 1.86 bits per heavy atom. The maximum atomic E-state index is 13.1. The summed E-state index contributed by atoms with van der Waals surface area (Å²) in [6.45, 7) is 5.52. The van der Waals surface area contributed by atoms with E-state index < -0.39 is 10.0 Å². The number of sulfonamides is 1. The predicted molar refractivity (Wildman–Crippen MR) is 136 cm³/mol. The number of nitrogens with one attached hydrogen (secondary N) is 1. The molecule has 1 fully saturated rings. The van der Waals surface area contributed by atoms with Gasteiger partial charge in [0.15, 0.2) is 5.82 Å². The van der Waals surface area contributed by atoms with Crippen molar-refractivity contribution in [2.75, 3.05) is 31.7 Å². The first-order valence-corrected chi connectivity index (χ1v) is 12.8. The molecule has 35 heavy (non-hydrogen) atoms. The minimum absolute atomic E-state index is 0.274. The topological polar surface area (TPSA) is 102 Å². The van der Waals surface area contributed by atoms with Crippen molar-refractivity contribution in [2.45, 2.75) is 18.7 Å². The zero-order chi connectivity index (χ0) is 24.4. The Morgan fingerprint density at radius 3 is 2.69 bits per heavy atom. The number of fused-ring (bicyclic) bond motifs is 1. The number of aromatic nitrogens is 3. The van der Waals surface area contributed by atoms with E-state index in [1.807, 2.05) is 54.8 Å². The molecule has 0 saturated carbocycles. The third kappa shape index (κ3) is 4.55. The van der Waals surface area contributed by atoms with Gasteiger partial charge in [-0.15, -0.1) is 5.10 Å². The van der Waals surface area contributed by atoms with Gasteiger partial charge in [0.1, 0.15) is 0 Å². The minimum atomic E-state index is -3.58. The molecule has 0 atom stereocenters. The summed E-state index contributed by atoms with van der Waals surface area (Å²) in [4.78, 5) is 0.274. The molecule has 0 radical (unpaired) electrons. The van der Waals surface area contributed by atoms with Crippen LogP contribution in [-0.4, -0.2) is 60.0 Å². The fourth-order valence-corrected chi connectivity index (χ4v) is 5.76. The highest BCUT2D eigenvalue weighted by Gasteiger charge is 2.26. The normalized spacial score (nSPS) is 15.1. The van der Waals surface area contributed by atoms with Gasteiger partial charge in [0.05, 0.1) is 30.5 Å². The van der Waals surface area contributed by atoms with Crippen molar-refractivity contribution in [3.8, 4) is 5.69 Å². The van der Waals surface area contributed by atoms with Crippen LogP contribution in [-0.2, 0) is 14.8 Å². The van der Waals surface area contributed by atoms with Crippen LogP contribution in [0.5, 0.6) is 0 Å². The molecule has 0 spiro atoms. The molecule has 2 aromatic carbocycles. The molecule has 1 aliphatic rings. The number of aryl methyl sites for hydroxylation is 1. The first-order valence-electron chi connectivity index (χ1n) is 11.3. The highest BCUT2D eigenvalue weighted by Crippen LogP contribution is 2.25. The molecule has 0 bridgehead atoms. The summed E-state index contributed by atoms with van der Waals surface area (Å²) >= 11 is 0. The molecule has 3 heterocycles. The zero-order valence-corrected chi connectivity index (χ0v) is 20.4. The average Bonchev–Trinajstić information content (AvgIpc) is 3.17. The number of hydrazone groups is 1. The van der Waals surface area contributed by atoms with E-state index in [9.17, 15) is 8.42 Å². The Bertz CT molecular complexity index is 1500. The molecule has 0 aliphatic carbocycles. The van der Waals surface area contributed by atoms with Crippen molar-refractivity contribution < 1.29 is 13.2 Å². The zero-order valence-electron chi connectivity index (χ0n) is 19.5. The van der Waals surface area contributed by atoms with Gasteiger partial charge in [-0.05, 0) is 38.1 Å². The van der Waals surface area contributed by atoms with E-state index >= 15 is 0 Å². The molecule has 1 aliphatic heterocycles. The molecule has 2 aromatic heterocycles. The first-order chi connectivity index (χ1) is 16.9. The minimum Gasteiger partial charge on any atom is -0.379 e. The highest BCUT2D eigenvalue weighted by atomic mass is 32.2. The number of rotatable bonds is 6. The highest BCUT2D eigenvalue weighted by molar-refractivity contribution is 7.89. The fourth-order valence-electron chi connectivity index (χ4n) is 4.31. The van der Waals surface area contributed by atoms with Crippen molar-refractivity contribution in [1.82, 2.24) is 19.1 Å². The summed E-state index contributed by atoms with van der Waals surface area (Å²) in [5, 5.41) is 14.5. The van der Waals surface area contributed by atoms with Gasteiger partial charge in [0.25, 0.3) is 0 Å². The number of nitrogens with zero attached hydrogens (tertiary/aromatic N) is 5. The van der Waals surface area contributed by atoms with Crippen LogP contribution in [0.3, 0.4) is 0 Å². The molecular formula is C25H26N6O3S. The molecule has 0 amide bonds. The Kier molecular flexibility index (Phi) is 6.33. The molecular weight excluding hydrogens is 464 g/mol. The van der Waals surface area contributed by atoms with Crippen LogP contribution < -0.4 is 5.43 Å². The summed E-state index contributed by atoms with van der Waals surface area (Å²) < 4.78 is 35.1. The Hall–Kier alpha value is -3.60. The SMILES string of the molecule is Cc1cc(/C=N/Nc2nncc3ccccc23)c(C)n1-c1cccc(S(=O)(=O)N2CCOCC2)c1. The van der Waals surface area contributed by atoms with Gasteiger partial charge < -0.3 is 9.30 Å². The van der Waals surface area contributed by atoms with Gasteiger partial charge in [-0.3, -0.25) is 5.43 Å². The van der Waals surface area contributed by atoms with E-state index in [0.717, 1.165) is 33.4 Å². The second-order valence-electron chi connectivity index (χ2n) is 8.33. The Labute approximate surface area is 204 Å². The van der Waals surface area contributed by atoms with Crippen LogP contribution in [0.25, 0.3) is 16.5 Å². The van der Waals surface area contributed by atoms with Crippen molar-refractivity contribution >= 4 is 32.8 Å². The molecule has 5 rings (SSSR count). The summed E-state index contributed by atoms with van der Waals surface area (Å²) in [6.07, 6.45) is 3.45. The monoisotopic (exact) mass is 490 g/mol. The van der Waals surface area contributed by atoms with Gasteiger partial charge in [0, 0.05) is 46.5 Å². The number of hydrogen-bond acceptors (Lipinski definition) is 7. The van der Waals surface area contributed by atoms with Gasteiger partial charge in [-0.1, -0.05) is 30.3 Å². The summed E-state index contributed by atoms with van der Waals surface area (Å²) in [5.41, 5.74) is 6.59. The van der Waals surface area contributed by atoms with Gasteiger partial charge in [-0.25, -0.2) is 8.42 Å². The second kappa shape index (κ2) is 9.57. The number of morpholine rings is 1. The van der Waals surface area contributed by atoms with Crippen LogP contribution in [0.15, 0.2) is 70.8 Å². The van der Waals surface area contributed by atoms with Gasteiger partial charge in [0.2, 0.25) is 10.0 Å². The lowest BCUT2D eigenvalue weighted by Gasteiger charge is -2.26. The van der Waals surface area contributed by atoms with Crippen molar-refractivity contribution in [1.29, 1.82) is 0 Å². The average molecular weight is 491 g/mol. The third-order valence-corrected chi connectivity index (χ3v) is 7.99. The van der Waals surface area contributed by atoms with Crippen LogP contribution in [0, 0.1) is 13.8 Å². The molecule has 1 N–H and O–H groups in total. The molecule has 9 nitrogen and oxygen atoms in total. The molecule has 10 heteroatoms. The lowest BCUT2D eigenvalue weighted by molar-refractivity contribution is 0.0730. The molecule has 0 unspecified atom stereocenters. The second-order valence-corrected chi connectivity index (χ2v) is 10.3. The largest absolute Gasteiger partial charge is 0.379 e. The number of anilines is 1. The van der Waals surface area contributed by atoms with Gasteiger partial charge >= 0.3 is 0 Å². The standard InChI is InChI=1S/C25H26N6O3S/c1-18-14-21(17-27-29-25-24-9-4-3-6-20(24)16-26-28-25)19(2)31(18)22-7-5-8-23(15-22)35(32,33)30-10-12-34-13-11-30/h3-9,14-17H,10-13H2,1-2H3,(H,28,29)/b27-17+.